The maximum Gasteiger partial charge on any atom is 0.271 e. The second-order valence-corrected chi connectivity index (χ2v) is 7.41. The topological polar surface area (TPSA) is 81.5 Å². The van der Waals surface area contributed by atoms with Crippen LogP contribution in [-0.4, -0.2) is 23.2 Å². The summed E-state index contributed by atoms with van der Waals surface area (Å²) in [7, 11) is 0. The van der Waals surface area contributed by atoms with Crippen molar-refractivity contribution in [3.8, 4) is 5.75 Å². The van der Waals surface area contributed by atoms with Gasteiger partial charge in [-0.25, -0.2) is 0 Å². The van der Waals surface area contributed by atoms with Crippen molar-refractivity contribution in [2.75, 3.05) is 17.7 Å². The number of rotatable bonds is 8. The van der Waals surface area contributed by atoms with Gasteiger partial charge < -0.3 is 10.1 Å². The van der Waals surface area contributed by atoms with Crippen LogP contribution >= 0.6 is 11.8 Å². The number of aryl methyl sites for hydroxylation is 1. The van der Waals surface area contributed by atoms with Gasteiger partial charge in [0.05, 0.1) is 17.2 Å². The van der Waals surface area contributed by atoms with Crippen LogP contribution in [0.2, 0.25) is 0 Å². The third-order valence-electron chi connectivity index (χ3n) is 4.16. The van der Waals surface area contributed by atoms with E-state index in [1.54, 1.807) is 49.0 Å². The first-order valence-corrected chi connectivity index (χ1v) is 9.98. The van der Waals surface area contributed by atoms with Crippen LogP contribution in [0.3, 0.4) is 0 Å². The highest BCUT2D eigenvalue weighted by Gasteiger charge is 2.12. The zero-order valence-corrected chi connectivity index (χ0v) is 16.6. The molecule has 0 fully saturated rings. The third-order valence-corrected chi connectivity index (χ3v) is 5.14. The molecule has 0 aliphatic rings. The van der Waals surface area contributed by atoms with Gasteiger partial charge in [0.25, 0.3) is 11.6 Å². The first-order valence-electron chi connectivity index (χ1n) is 9.00. The first-order chi connectivity index (χ1) is 14.0. The molecule has 0 unspecified atom stereocenters. The molecule has 7 heteroatoms. The maximum absolute atomic E-state index is 12.5. The molecule has 1 N–H and O–H groups in total. The van der Waals surface area contributed by atoms with Gasteiger partial charge in [0.2, 0.25) is 0 Å². The summed E-state index contributed by atoms with van der Waals surface area (Å²) < 4.78 is 5.71. The molecule has 1 amide bonds. The van der Waals surface area contributed by atoms with Crippen molar-refractivity contribution in [3.05, 3.63) is 94.0 Å². The molecule has 3 aromatic rings. The summed E-state index contributed by atoms with van der Waals surface area (Å²) in [5, 5.41) is 13.6. The number of ether oxygens (including phenoxy) is 1. The maximum atomic E-state index is 12.5. The van der Waals surface area contributed by atoms with E-state index in [1.165, 1.54) is 17.0 Å². The molecule has 0 aromatic heterocycles. The van der Waals surface area contributed by atoms with Gasteiger partial charge >= 0.3 is 0 Å². The van der Waals surface area contributed by atoms with Gasteiger partial charge in [0.1, 0.15) is 5.75 Å². The zero-order chi connectivity index (χ0) is 20.6. The Labute approximate surface area is 173 Å². The Bertz CT molecular complexity index is 991. The van der Waals surface area contributed by atoms with Crippen LogP contribution in [0.15, 0.2) is 77.7 Å². The van der Waals surface area contributed by atoms with E-state index in [9.17, 15) is 14.9 Å². The van der Waals surface area contributed by atoms with Crippen molar-refractivity contribution < 1.29 is 14.5 Å². The Hall–Kier alpha value is -3.32. The Kier molecular flexibility index (Phi) is 6.86. The van der Waals surface area contributed by atoms with E-state index in [4.69, 9.17) is 4.74 Å². The molecule has 0 spiro atoms. The molecule has 0 radical (unpaired) electrons. The summed E-state index contributed by atoms with van der Waals surface area (Å²) in [5.41, 5.74) is 1.55. The number of amides is 1. The average molecular weight is 408 g/mol. The monoisotopic (exact) mass is 408 g/mol. The Balaban J connectivity index is 1.53. The van der Waals surface area contributed by atoms with E-state index in [-0.39, 0.29) is 11.6 Å². The predicted molar refractivity (Wildman–Crippen MR) is 115 cm³/mol. The minimum absolute atomic E-state index is 0.0666. The molecular weight excluding hydrogens is 388 g/mol. The molecule has 0 atom stereocenters. The fourth-order valence-corrected chi connectivity index (χ4v) is 3.34. The molecule has 0 aliphatic heterocycles. The van der Waals surface area contributed by atoms with Crippen molar-refractivity contribution in [3.63, 3.8) is 0 Å². The summed E-state index contributed by atoms with van der Waals surface area (Å²) in [6.45, 7) is 2.34. The molecule has 0 heterocycles. The largest absolute Gasteiger partial charge is 0.493 e. The summed E-state index contributed by atoms with van der Waals surface area (Å²) in [5.74, 6) is 1.17. The van der Waals surface area contributed by atoms with E-state index in [2.05, 4.69) is 17.4 Å². The number of nitrogens with one attached hydrogen (secondary N) is 1. The van der Waals surface area contributed by atoms with E-state index < -0.39 is 4.92 Å². The fraction of sp³-hybridized carbons (Fsp3) is 0.136. The van der Waals surface area contributed by atoms with Gasteiger partial charge in [0.15, 0.2) is 0 Å². The standard InChI is InChI=1S/C22H20N2O4S/c1-16-7-10-18(24(26)27)15-21(16)23-22(25)17-8-11-19(12-9-17)28-13-14-29-20-5-3-2-4-6-20/h2-12,15H,13-14H2,1H3,(H,23,25). The predicted octanol–water partition coefficient (Wildman–Crippen LogP) is 5.33. The highest BCUT2D eigenvalue weighted by atomic mass is 32.2. The lowest BCUT2D eigenvalue weighted by Gasteiger charge is -2.10. The van der Waals surface area contributed by atoms with E-state index in [0.717, 1.165) is 11.3 Å². The number of anilines is 1. The van der Waals surface area contributed by atoms with Gasteiger partial charge in [-0.1, -0.05) is 24.3 Å². The number of non-ortho nitro benzene ring substituents is 1. The lowest BCUT2D eigenvalue weighted by molar-refractivity contribution is -0.384. The number of hydrogen-bond acceptors (Lipinski definition) is 5. The molecule has 6 nitrogen and oxygen atoms in total. The van der Waals surface area contributed by atoms with Crippen molar-refractivity contribution in [1.82, 2.24) is 0 Å². The van der Waals surface area contributed by atoms with Gasteiger partial charge in [0, 0.05) is 28.3 Å². The number of carbonyl (C=O) groups excluding carboxylic acids is 1. The minimum atomic E-state index is -0.489. The van der Waals surface area contributed by atoms with Crippen molar-refractivity contribution in [2.24, 2.45) is 0 Å². The smallest absolute Gasteiger partial charge is 0.271 e. The van der Waals surface area contributed by atoms with Crippen LogP contribution in [0.25, 0.3) is 0 Å². The van der Waals surface area contributed by atoms with Crippen molar-refractivity contribution in [2.45, 2.75) is 11.8 Å². The molecule has 3 rings (SSSR count). The van der Waals surface area contributed by atoms with Crippen LogP contribution in [0.5, 0.6) is 5.75 Å². The highest BCUT2D eigenvalue weighted by Crippen LogP contribution is 2.23. The van der Waals surface area contributed by atoms with Gasteiger partial charge in [-0.3, -0.25) is 14.9 Å². The average Bonchev–Trinajstić information content (AvgIpc) is 2.74. The summed E-state index contributed by atoms with van der Waals surface area (Å²) in [6.07, 6.45) is 0. The Morgan fingerprint density at radius 2 is 1.79 bits per heavy atom. The van der Waals surface area contributed by atoms with Crippen molar-refractivity contribution in [1.29, 1.82) is 0 Å². The SMILES string of the molecule is Cc1ccc([N+](=O)[O-])cc1NC(=O)c1ccc(OCCSc2ccccc2)cc1. The van der Waals surface area contributed by atoms with E-state index >= 15 is 0 Å². The van der Waals surface area contributed by atoms with Crippen LogP contribution in [0, 0.1) is 17.0 Å². The first kappa shape index (κ1) is 20.4. The zero-order valence-electron chi connectivity index (χ0n) is 15.8. The van der Waals surface area contributed by atoms with E-state index in [1.807, 2.05) is 18.2 Å². The number of thioether (sulfide) groups is 1. The molecular formula is C22H20N2O4S. The Morgan fingerprint density at radius 1 is 1.07 bits per heavy atom. The highest BCUT2D eigenvalue weighted by molar-refractivity contribution is 7.99. The molecule has 3 aromatic carbocycles. The number of nitro groups is 1. The number of nitro benzene ring substituents is 1. The lowest BCUT2D eigenvalue weighted by Crippen LogP contribution is -2.13. The van der Waals surface area contributed by atoms with E-state index in [0.29, 0.717) is 23.6 Å². The Morgan fingerprint density at radius 3 is 2.48 bits per heavy atom. The molecule has 148 valence electrons. The van der Waals surface area contributed by atoms with Crippen LogP contribution in [-0.2, 0) is 0 Å². The van der Waals surface area contributed by atoms with Crippen molar-refractivity contribution >= 4 is 29.0 Å². The van der Waals surface area contributed by atoms with Crippen LogP contribution < -0.4 is 10.1 Å². The van der Waals surface area contributed by atoms with Gasteiger partial charge in [-0.2, -0.15) is 0 Å². The minimum Gasteiger partial charge on any atom is -0.493 e. The summed E-state index contributed by atoms with van der Waals surface area (Å²) in [6, 6.07) is 21.3. The number of hydrogen-bond donors (Lipinski definition) is 1. The second kappa shape index (κ2) is 9.75. The quantitative estimate of drug-likeness (QED) is 0.236. The number of benzene rings is 3. The molecule has 0 saturated carbocycles. The second-order valence-electron chi connectivity index (χ2n) is 6.24. The summed E-state index contributed by atoms with van der Waals surface area (Å²) in [4.78, 5) is 24.1. The molecule has 0 saturated heterocycles. The summed E-state index contributed by atoms with van der Waals surface area (Å²) >= 11 is 1.72. The molecule has 0 aliphatic carbocycles. The number of carbonyl (C=O) groups is 1. The van der Waals surface area contributed by atoms with Crippen LogP contribution in [0.1, 0.15) is 15.9 Å². The number of nitrogens with zero attached hydrogens (tertiary/aromatic N) is 1. The van der Waals surface area contributed by atoms with Gasteiger partial charge in [-0.15, -0.1) is 11.8 Å². The molecule has 29 heavy (non-hydrogen) atoms. The fourth-order valence-electron chi connectivity index (χ4n) is 2.59. The third kappa shape index (κ3) is 5.83. The molecule has 0 bridgehead atoms. The van der Waals surface area contributed by atoms with Crippen LogP contribution in [0.4, 0.5) is 11.4 Å². The normalized spacial score (nSPS) is 10.4. The lowest BCUT2D eigenvalue weighted by atomic mass is 10.1. The van der Waals surface area contributed by atoms with Gasteiger partial charge in [-0.05, 0) is 48.9 Å².